The molecule has 1 N–H and O–H groups in total. The molecule has 144 valence electrons. The summed E-state index contributed by atoms with van der Waals surface area (Å²) in [7, 11) is 0. The van der Waals surface area contributed by atoms with Crippen molar-refractivity contribution in [3.05, 3.63) is 75.8 Å². The van der Waals surface area contributed by atoms with Crippen LogP contribution in [0.15, 0.2) is 48.7 Å². The second kappa shape index (κ2) is 7.77. The van der Waals surface area contributed by atoms with Crippen LogP contribution in [0.1, 0.15) is 21.6 Å². The Labute approximate surface area is 168 Å². The minimum Gasteiger partial charge on any atom is -0.322 e. The van der Waals surface area contributed by atoms with Crippen LogP contribution in [0.5, 0.6) is 0 Å². The molecule has 4 nitrogen and oxygen atoms in total. The zero-order chi connectivity index (χ0) is 20.5. The number of pyridine rings is 2. The standard InChI is InChI=1S/C19H12Cl2F3N3O/c1-10-2-3-13(9-14(10)12-7-16(20)27-17(21)8-12)26-18(28)11-4-5-25-15(6-11)19(22,23)24/h2-9H,1H3,(H,26,28). The van der Waals surface area contributed by atoms with Crippen LogP contribution >= 0.6 is 23.2 Å². The lowest BCUT2D eigenvalue weighted by molar-refractivity contribution is -0.141. The Kier molecular flexibility index (Phi) is 5.58. The predicted octanol–water partition coefficient (Wildman–Crippen LogP) is 6.03. The summed E-state index contributed by atoms with van der Waals surface area (Å²) in [5, 5.41) is 3.02. The van der Waals surface area contributed by atoms with Crippen molar-refractivity contribution >= 4 is 34.8 Å². The summed E-state index contributed by atoms with van der Waals surface area (Å²) in [6.07, 6.45) is -3.69. The van der Waals surface area contributed by atoms with Crippen molar-refractivity contribution in [2.45, 2.75) is 13.1 Å². The molecular formula is C19H12Cl2F3N3O. The minimum absolute atomic E-state index is 0.153. The number of nitrogens with zero attached hydrogens (tertiary/aromatic N) is 2. The number of hydrogen-bond acceptors (Lipinski definition) is 3. The quantitative estimate of drug-likeness (QED) is 0.521. The van der Waals surface area contributed by atoms with Crippen molar-refractivity contribution in [2.75, 3.05) is 5.32 Å². The fourth-order valence-electron chi connectivity index (χ4n) is 2.56. The van der Waals surface area contributed by atoms with Gasteiger partial charge in [0.15, 0.2) is 0 Å². The van der Waals surface area contributed by atoms with E-state index in [2.05, 4.69) is 15.3 Å². The van der Waals surface area contributed by atoms with Crippen molar-refractivity contribution < 1.29 is 18.0 Å². The molecule has 3 rings (SSSR count). The summed E-state index contributed by atoms with van der Waals surface area (Å²) in [5.74, 6) is -0.687. The fourth-order valence-corrected chi connectivity index (χ4v) is 3.02. The van der Waals surface area contributed by atoms with Crippen molar-refractivity contribution in [3.63, 3.8) is 0 Å². The van der Waals surface area contributed by atoms with E-state index in [9.17, 15) is 18.0 Å². The van der Waals surface area contributed by atoms with Gasteiger partial charge in [-0.3, -0.25) is 9.78 Å². The Morgan fingerprint density at radius 1 is 1.04 bits per heavy atom. The molecule has 2 aromatic heterocycles. The van der Waals surface area contributed by atoms with E-state index < -0.39 is 17.8 Å². The first-order chi connectivity index (χ1) is 13.1. The molecule has 28 heavy (non-hydrogen) atoms. The van der Waals surface area contributed by atoms with Gasteiger partial charge in [-0.25, -0.2) is 4.98 Å². The molecule has 0 bridgehead atoms. The second-order valence-corrected chi connectivity index (χ2v) is 6.69. The summed E-state index contributed by atoms with van der Waals surface area (Å²) >= 11 is 11.9. The summed E-state index contributed by atoms with van der Waals surface area (Å²) in [4.78, 5) is 19.5. The summed E-state index contributed by atoms with van der Waals surface area (Å²) < 4.78 is 38.4. The van der Waals surface area contributed by atoms with E-state index >= 15 is 0 Å². The smallest absolute Gasteiger partial charge is 0.322 e. The van der Waals surface area contributed by atoms with Gasteiger partial charge in [-0.2, -0.15) is 13.2 Å². The van der Waals surface area contributed by atoms with Gasteiger partial charge >= 0.3 is 6.18 Å². The molecule has 0 atom stereocenters. The predicted molar refractivity (Wildman–Crippen MR) is 102 cm³/mol. The highest BCUT2D eigenvalue weighted by Gasteiger charge is 2.32. The number of anilines is 1. The topological polar surface area (TPSA) is 54.9 Å². The van der Waals surface area contributed by atoms with Crippen molar-refractivity contribution in [3.8, 4) is 11.1 Å². The molecule has 3 aromatic rings. The zero-order valence-corrected chi connectivity index (χ0v) is 15.8. The number of aryl methyl sites for hydroxylation is 1. The monoisotopic (exact) mass is 425 g/mol. The second-order valence-electron chi connectivity index (χ2n) is 5.91. The number of hydrogen-bond donors (Lipinski definition) is 1. The third kappa shape index (κ3) is 4.61. The van der Waals surface area contributed by atoms with Gasteiger partial charge in [-0.15, -0.1) is 0 Å². The maximum Gasteiger partial charge on any atom is 0.433 e. The number of aromatic nitrogens is 2. The molecule has 2 heterocycles. The number of halogens is 5. The van der Waals surface area contributed by atoms with Gasteiger partial charge in [0, 0.05) is 17.4 Å². The SMILES string of the molecule is Cc1ccc(NC(=O)c2ccnc(C(F)(F)F)c2)cc1-c1cc(Cl)nc(Cl)c1. The zero-order valence-electron chi connectivity index (χ0n) is 14.3. The number of alkyl halides is 3. The van der Waals surface area contributed by atoms with Crippen LogP contribution in [-0.4, -0.2) is 15.9 Å². The van der Waals surface area contributed by atoms with Crippen molar-refractivity contribution in [1.29, 1.82) is 0 Å². The molecule has 0 aliphatic carbocycles. The van der Waals surface area contributed by atoms with Gasteiger partial charge in [0.25, 0.3) is 5.91 Å². The average Bonchev–Trinajstić information content (AvgIpc) is 2.62. The molecule has 0 spiro atoms. The largest absolute Gasteiger partial charge is 0.433 e. The maximum absolute atomic E-state index is 12.8. The molecule has 0 saturated carbocycles. The number of rotatable bonds is 3. The molecule has 0 radical (unpaired) electrons. The lowest BCUT2D eigenvalue weighted by Gasteiger charge is -2.12. The first kappa shape index (κ1) is 20.1. The van der Waals surface area contributed by atoms with Crippen molar-refractivity contribution in [1.82, 2.24) is 9.97 Å². The van der Waals surface area contributed by atoms with Crippen LogP contribution in [-0.2, 0) is 6.18 Å². The number of carbonyl (C=O) groups excluding carboxylic acids is 1. The molecule has 1 amide bonds. The van der Waals surface area contributed by atoms with Crippen molar-refractivity contribution in [2.24, 2.45) is 0 Å². The maximum atomic E-state index is 12.8. The lowest BCUT2D eigenvalue weighted by Crippen LogP contribution is -2.15. The van der Waals surface area contributed by atoms with Crippen LogP contribution in [0.25, 0.3) is 11.1 Å². The van der Waals surface area contributed by atoms with E-state index in [1.165, 1.54) is 6.07 Å². The Balaban J connectivity index is 1.90. The minimum atomic E-state index is -4.63. The molecular weight excluding hydrogens is 414 g/mol. The van der Waals surface area contributed by atoms with Crippen LogP contribution < -0.4 is 5.32 Å². The van der Waals surface area contributed by atoms with Gasteiger partial charge in [0.1, 0.15) is 16.0 Å². The highest BCUT2D eigenvalue weighted by atomic mass is 35.5. The molecule has 1 aromatic carbocycles. The van der Waals surface area contributed by atoms with E-state index in [1.807, 2.05) is 6.92 Å². The third-order valence-electron chi connectivity index (χ3n) is 3.88. The highest BCUT2D eigenvalue weighted by molar-refractivity contribution is 6.32. The van der Waals surface area contributed by atoms with E-state index in [-0.39, 0.29) is 15.9 Å². The average molecular weight is 426 g/mol. The number of carbonyl (C=O) groups is 1. The van der Waals surface area contributed by atoms with Gasteiger partial charge in [-0.1, -0.05) is 29.3 Å². The molecule has 9 heteroatoms. The Morgan fingerprint density at radius 2 is 1.71 bits per heavy atom. The molecule has 0 aliphatic rings. The number of amides is 1. The van der Waals surface area contributed by atoms with Crippen LogP contribution in [0.2, 0.25) is 10.3 Å². The van der Waals surface area contributed by atoms with Crippen LogP contribution in [0.4, 0.5) is 18.9 Å². The van der Waals surface area contributed by atoms with E-state index in [0.717, 1.165) is 17.3 Å². The summed E-state index contributed by atoms with van der Waals surface area (Å²) in [6, 6.07) is 10.3. The van der Waals surface area contributed by atoms with E-state index in [4.69, 9.17) is 23.2 Å². The molecule has 0 aliphatic heterocycles. The van der Waals surface area contributed by atoms with Crippen LogP contribution in [0, 0.1) is 6.92 Å². The van der Waals surface area contributed by atoms with Gasteiger partial charge < -0.3 is 5.32 Å². The number of benzene rings is 1. The summed E-state index contributed by atoms with van der Waals surface area (Å²) in [6.45, 7) is 1.86. The van der Waals surface area contributed by atoms with Crippen LogP contribution in [0.3, 0.4) is 0 Å². The van der Waals surface area contributed by atoms with E-state index in [1.54, 1.807) is 30.3 Å². The fraction of sp³-hybridized carbons (Fsp3) is 0.105. The lowest BCUT2D eigenvalue weighted by atomic mass is 10.0. The first-order valence-corrected chi connectivity index (χ1v) is 8.68. The Morgan fingerprint density at radius 3 is 2.36 bits per heavy atom. The Bertz CT molecular complexity index is 1030. The van der Waals surface area contributed by atoms with Gasteiger partial charge in [0.2, 0.25) is 0 Å². The van der Waals surface area contributed by atoms with E-state index in [0.29, 0.717) is 17.3 Å². The summed E-state index contributed by atoms with van der Waals surface area (Å²) in [5.41, 5.74) is 1.45. The molecule has 0 unspecified atom stereocenters. The molecule has 0 fully saturated rings. The highest BCUT2D eigenvalue weighted by Crippen LogP contribution is 2.31. The number of nitrogens with one attached hydrogen (secondary N) is 1. The molecule has 0 saturated heterocycles. The normalized spacial score (nSPS) is 11.4. The van der Waals surface area contributed by atoms with Gasteiger partial charge in [-0.05, 0) is 60.0 Å². The first-order valence-electron chi connectivity index (χ1n) is 7.92. The van der Waals surface area contributed by atoms with Gasteiger partial charge in [0.05, 0.1) is 0 Å². The third-order valence-corrected chi connectivity index (χ3v) is 4.27. The Hall–Kier alpha value is -2.64.